The van der Waals surface area contributed by atoms with Crippen LogP contribution in [0.25, 0.3) is 5.82 Å². The summed E-state index contributed by atoms with van der Waals surface area (Å²) in [5.41, 5.74) is 11.3. The highest BCUT2D eigenvalue weighted by atomic mass is 35.5. The van der Waals surface area contributed by atoms with Crippen LogP contribution in [0, 0.1) is 5.92 Å². The van der Waals surface area contributed by atoms with E-state index in [0.717, 1.165) is 11.1 Å². The molecule has 5 rings (SSSR count). The number of imidazole rings is 1. The summed E-state index contributed by atoms with van der Waals surface area (Å²) in [7, 11) is 0. The van der Waals surface area contributed by atoms with Crippen molar-refractivity contribution in [1.29, 1.82) is 0 Å². The first kappa shape index (κ1) is 28.1. The zero-order valence-electron chi connectivity index (χ0n) is 21.5. The summed E-state index contributed by atoms with van der Waals surface area (Å²) in [4.78, 5) is 38.1. The van der Waals surface area contributed by atoms with Crippen molar-refractivity contribution in [2.75, 3.05) is 30.7 Å². The molecule has 15 heteroatoms. The third-order valence-electron chi connectivity index (χ3n) is 6.65. The van der Waals surface area contributed by atoms with Crippen LogP contribution in [0.15, 0.2) is 48.9 Å². The van der Waals surface area contributed by atoms with Gasteiger partial charge in [-0.25, -0.2) is 14.6 Å². The monoisotopic (exact) mass is 587 g/mol. The summed E-state index contributed by atoms with van der Waals surface area (Å²) in [6, 6.07) is 7.45. The molecular formula is C26H25ClF3N9O2. The Hall–Kier alpha value is -4.43. The van der Waals surface area contributed by atoms with Gasteiger partial charge in [-0.2, -0.15) is 18.3 Å². The van der Waals surface area contributed by atoms with Gasteiger partial charge in [0.1, 0.15) is 0 Å². The van der Waals surface area contributed by atoms with Crippen molar-refractivity contribution in [2.24, 2.45) is 11.7 Å². The Labute approximate surface area is 236 Å². The number of nitrogen functional groups attached to an aromatic ring is 1. The van der Waals surface area contributed by atoms with Gasteiger partial charge in [-0.05, 0) is 49.2 Å². The van der Waals surface area contributed by atoms with Gasteiger partial charge in [0.25, 0.3) is 11.8 Å². The lowest BCUT2D eigenvalue weighted by Crippen LogP contribution is -2.30. The highest BCUT2D eigenvalue weighted by Crippen LogP contribution is 2.32. The van der Waals surface area contributed by atoms with Gasteiger partial charge in [0.2, 0.25) is 0 Å². The van der Waals surface area contributed by atoms with Crippen molar-refractivity contribution in [3.8, 4) is 5.82 Å². The molecule has 4 heterocycles. The van der Waals surface area contributed by atoms with Crippen molar-refractivity contribution in [3.63, 3.8) is 0 Å². The number of benzene rings is 1. The van der Waals surface area contributed by atoms with Crippen molar-refractivity contribution in [1.82, 2.24) is 29.6 Å². The lowest BCUT2D eigenvalue weighted by molar-refractivity contribution is -0.141. The molecule has 3 aromatic heterocycles. The number of aromatic nitrogens is 5. The quantitative estimate of drug-likeness (QED) is 0.257. The fourth-order valence-electron chi connectivity index (χ4n) is 4.53. The Bertz CT molecular complexity index is 1580. The first-order valence-electron chi connectivity index (χ1n) is 12.5. The van der Waals surface area contributed by atoms with Gasteiger partial charge in [-0.15, -0.1) is 0 Å². The third kappa shape index (κ3) is 6.18. The number of H-pyrrole nitrogens is 1. The highest BCUT2D eigenvalue weighted by Gasteiger charge is 2.37. The maximum absolute atomic E-state index is 13.7. The topological polar surface area (TPSA) is 161 Å². The minimum Gasteiger partial charge on any atom is -0.397 e. The number of nitrogens with two attached hydrogens (primary N) is 2. The molecule has 1 atom stereocenters. The van der Waals surface area contributed by atoms with Gasteiger partial charge in [0.15, 0.2) is 17.3 Å². The normalized spacial score (nSPS) is 15.3. The fourth-order valence-corrected chi connectivity index (χ4v) is 4.80. The molecule has 0 unspecified atom stereocenters. The number of alkyl halides is 3. The molecule has 4 aromatic rings. The lowest BCUT2D eigenvalue weighted by Gasteiger charge is -2.17. The Morgan fingerprint density at radius 1 is 1.17 bits per heavy atom. The van der Waals surface area contributed by atoms with Crippen LogP contribution in [-0.4, -0.2) is 61.1 Å². The number of carbonyl (C=O) groups excluding carboxylic acids is 2. The van der Waals surface area contributed by atoms with Crippen LogP contribution >= 0.6 is 11.6 Å². The van der Waals surface area contributed by atoms with Gasteiger partial charge in [-0.3, -0.25) is 9.59 Å². The molecule has 1 saturated heterocycles. The predicted octanol–water partition coefficient (Wildman–Crippen LogP) is 3.51. The van der Waals surface area contributed by atoms with E-state index in [9.17, 15) is 22.8 Å². The van der Waals surface area contributed by atoms with Gasteiger partial charge in [0, 0.05) is 48.8 Å². The minimum absolute atomic E-state index is 0.123. The molecule has 0 spiro atoms. The average Bonchev–Trinajstić information content (AvgIpc) is 3.69. The molecule has 1 aromatic carbocycles. The van der Waals surface area contributed by atoms with E-state index in [2.05, 4.69) is 25.4 Å². The number of hydrogen-bond acceptors (Lipinski definition) is 7. The Kier molecular flexibility index (Phi) is 7.69. The number of halogens is 4. The van der Waals surface area contributed by atoms with Crippen LogP contribution in [0.4, 0.5) is 24.5 Å². The average molecular weight is 588 g/mol. The molecule has 0 bridgehead atoms. The summed E-state index contributed by atoms with van der Waals surface area (Å²) in [6.07, 6.45) is -0.318. The molecule has 1 aliphatic rings. The summed E-state index contributed by atoms with van der Waals surface area (Å²) >= 11 is 6.34. The number of nitrogens with zero attached hydrogens (tertiary/aromatic N) is 5. The van der Waals surface area contributed by atoms with Crippen LogP contribution in [-0.2, 0) is 12.6 Å². The molecule has 0 radical (unpaired) electrons. The number of likely N-dealkylation sites (tertiary alicyclic amines) is 1. The SMILES string of the molecule is NC[C@H]1CCN(C(=O)c2ccc(NC(=O)c3ncc(Cc4cn(-c5ccc(N)cn5)nc4C(F)(F)F)[nH]3)cc2Cl)C1. The summed E-state index contributed by atoms with van der Waals surface area (Å²) in [5.74, 6) is -0.566. The number of nitrogens with one attached hydrogen (secondary N) is 2. The van der Waals surface area contributed by atoms with E-state index >= 15 is 0 Å². The molecule has 41 heavy (non-hydrogen) atoms. The van der Waals surface area contributed by atoms with E-state index in [1.54, 1.807) is 4.90 Å². The summed E-state index contributed by atoms with van der Waals surface area (Å²) in [6.45, 7) is 1.67. The largest absolute Gasteiger partial charge is 0.435 e. The predicted molar refractivity (Wildman–Crippen MR) is 145 cm³/mol. The number of aromatic amines is 1. The number of carbonyl (C=O) groups is 2. The van der Waals surface area contributed by atoms with Crippen LogP contribution in [0.2, 0.25) is 5.02 Å². The van der Waals surface area contributed by atoms with Gasteiger partial charge >= 0.3 is 6.18 Å². The third-order valence-corrected chi connectivity index (χ3v) is 6.96. The molecule has 0 saturated carbocycles. The zero-order chi connectivity index (χ0) is 29.3. The smallest absolute Gasteiger partial charge is 0.397 e. The number of pyridine rings is 1. The minimum atomic E-state index is -4.72. The van der Waals surface area contributed by atoms with Crippen LogP contribution in [0.1, 0.15) is 44.3 Å². The Morgan fingerprint density at radius 3 is 2.63 bits per heavy atom. The van der Waals surface area contributed by atoms with Crippen LogP contribution in [0.3, 0.4) is 0 Å². The van der Waals surface area contributed by atoms with E-state index in [1.165, 1.54) is 48.9 Å². The zero-order valence-corrected chi connectivity index (χ0v) is 22.2. The molecular weight excluding hydrogens is 563 g/mol. The van der Waals surface area contributed by atoms with Crippen LogP contribution in [0.5, 0.6) is 0 Å². The van der Waals surface area contributed by atoms with Gasteiger partial charge in [0.05, 0.1) is 22.5 Å². The maximum Gasteiger partial charge on any atom is 0.435 e. The number of hydrogen-bond donors (Lipinski definition) is 4. The molecule has 2 amide bonds. The number of anilines is 2. The fraction of sp³-hybridized carbons (Fsp3) is 0.269. The van der Waals surface area contributed by atoms with Crippen LogP contribution < -0.4 is 16.8 Å². The number of amides is 2. The van der Waals surface area contributed by atoms with Crippen molar-refractivity contribution < 1.29 is 22.8 Å². The standard InChI is InChI=1S/C26H25ClF3N9O2/c27-20-8-17(2-3-19(20)25(41)38-6-5-14(9-31)12-38)36-24(40)23-34-11-18(35-23)7-15-13-39(37-22(15)26(28,29)30)21-4-1-16(32)10-33-21/h1-4,8,10-11,13-14H,5-7,9,12,31-32H2,(H,34,35)(H,36,40)/t14-/m1/s1. The molecule has 11 nitrogen and oxygen atoms in total. The second kappa shape index (κ2) is 11.2. The maximum atomic E-state index is 13.7. The van der Waals surface area contributed by atoms with Crippen molar-refractivity contribution >= 4 is 34.8 Å². The molecule has 214 valence electrons. The second-order valence-electron chi connectivity index (χ2n) is 9.62. The Morgan fingerprint density at radius 2 is 1.98 bits per heavy atom. The molecule has 6 N–H and O–H groups in total. The van der Waals surface area contributed by atoms with Crippen molar-refractivity contribution in [2.45, 2.75) is 19.0 Å². The second-order valence-corrected chi connectivity index (χ2v) is 10.0. The first-order chi connectivity index (χ1) is 19.5. The molecule has 0 aliphatic carbocycles. The first-order valence-corrected chi connectivity index (χ1v) is 12.9. The van der Waals surface area contributed by atoms with Gasteiger partial charge < -0.3 is 26.7 Å². The van der Waals surface area contributed by atoms with E-state index in [1.807, 2.05) is 0 Å². The van der Waals surface area contributed by atoms with E-state index in [-0.39, 0.29) is 46.2 Å². The van der Waals surface area contributed by atoms with E-state index < -0.39 is 17.8 Å². The Balaban J connectivity index is 1.28. The molecule has 1 aliphatic heterocycles. The summed E-state index contributed by atoms with van der Waals surface area (Å²) < 4.78 is 42.1. The molecule has 1 fully saturated rings. The highest BCUT2D eigenvalue weighted by molar-refractivity contribution is 6.34. The summed E-state index contributed by atoms with van der Waals surface area (Å²) in [5, 5.41) is 6.45. The van der Waals surface area contributed by atoms with E-state index in [4.69, 9.17) is 23.1 Å². The number of rotatable bonds is 7. The van der Waals surface area contributed by atoms with Gasteiger partial charge in [-0.1, -0.05) is 11.6 Å². The van der Waals surface area contributed by atoms with Crippen molar-refractivity contribution in [3.05, 3.63) is 82.3 Å². The van der Waals surface area contributed by atoms with E-state index in [0.29, 0.717) is 36.6 Å². The lowest BCUT2D eigenvalue weighted by atomic mass is 10.1.